The van der Waals surface area contributed by atoms with E-state index in [2.05, 4.69) is 5.32 Å². The molecule has 1 heterocycles. The van der Waals surface area contributed by atoms with Crippen molar-refractivity contribution in [3.63, 3.8) is 0 Å². The molecule has 4 heteroatoms. The lowest BCUT2D eigenvalue weighted by atomic mass is 9.92. The van der Waals surface area contributed by atoms with Crippen LogP contribution in [0.25, 0.3) is 0 Å². The Labute approximate surface area is 122 Å². The zero-order valence-corrected chi connectivity index (χ0v) is 12.7. The second-order valence-corrected chi connectivity index (χ2v) is 6.06. The van der Waals surface area contributed by atoms with Gasteiger partial charge in [0.1, 0.15) is 6.04 Å². The molecule has 2 rings (SSSR count). The maximum Gasteiger partial charge on any atom is 0.323 e. The van der Waals surface area contributed by atoms with E-state index in [1.54, 1.807) is 0 Å². The number of carbonyl (C=O) groups is 1. The summed E-state index contributed by atoms with van der Waals surface area (Å²) in [5.41, 5.74) is 0. The highest BCUT2D eigenvalue weighted by molar-refractivity contribution is 5.76. The molecule has 4 nitrogen and oxygen atoms in total. The smallest absolute Gasteiger partial charge is 0.323 e. The summed E-state index contributed by atoms with van der Waals surface area (Å²) in [4.78, 5) is 12.3. The van der Waals surface area contributed by atoms with Gasteiger partial charge in [0.2, 0.25) is 0 Å². The minimum atomic E-state index is -0.182. The van der Waals surface area contributed by atoms with Gasteiger partial charge < -0.3 is 14.8 Å². The quantitative estimate of drug-likeness (QED) is 0.622. The molecule has 2 atom stereocenters. The Hall–Kier alpha value is -0.610. The lowest BCUT2D eigenvalue weighted by Crippen LogP contribution is -2.50. The molecule has 0 aromatic heterocycles. The zero-order valence-electron chi connectivity index (χ0n) is 12.7. The van der Waals surface area contributed by atoms with Crippen molar-refractivity contribution in [1.82, 2.24) is 5.32 Å². The SMILES string of the molecule is CCOC(=O)C(NC1CCCCCC1)C1CCCOC1. The number of ether oxygens (including phenoxy) is 2. The normalized spacial score (nSPS) is 26.8. The van der Waals surface area contributed by atoms with Gasteiger partial charge in [-0.05, 0) is 32.6 Å². The van der Waals surface area contributed by atoms with Crippen molar-refractivity contribution in [3.8, 4) is 0 Å². The van der Waals surface area contributed by atoms with Crippen LogP contribution in [-0.2, 0) is 14.3 Å². The van der Waals surface area contributed by atoms with Crippen molar-refractivity contribution in [2.24, 2.45) is 5.92 Å². The molecule has 2 aliphatic rings. The highest BCUT2D eigenvalue weighted by Gasteiger charge is 2.32. The van der Waals surface area contributed by atoms with Crippen molar-refractivity contribution < 1.29 is 14.3 Å². The van der Waals surface area contributed by atoms with Crippen molar-refractivity contribution in [3.05, 3.63) is 0 Å². The average Bonchev–Trinajstić information content (AvgIpc) is 2.74. The molecule has 0 radical (unpaired) electrons. The monoisotopic (exact) mass is 283 g/mol. The zero-order chi connectivity index (χ0) is 14.2. The molecule has 1 saturated carbocycles. The van der Waals surface area contributed by atoms with Crippen molar-refractivity contribution in [2.75, 3.05) is 19.8 Å². The fourth-order valence-electron chi connectivity index (χ4n) is 3.36. The van der Waals surface area contributed by atoms with E-state index < -0.39 is 0 Å². The van der Waals surface area contributed by atoms with Gasteiger partial charge >= 0.3 is 5.97 Å². The molecule has 0 amide bonds. The summed E-state index contributed by atoms with van der Waals surface area (Å²) < 4.78 is 10.8. The highest BCUT2D eigenvalue weighted by Crippen LogP contribution is 2.22. The van der Waals surface area contributed by atoms with Gasteiger partial charge in [-0.1, -0.05) is 25.7 Å². The van der Waals surface area contributed by atoms with E-state index in [0.717, 1.165) is 19.4 Å². The van der Waals surface area contributed by atoms with Crippen LogP contribution >= 0.6 is 0 Å². The van der Waals surface area contributed by atoms with E-state index in [-0.39, 0.29) is 17.9 Å². The number of esters is 1. The Morgan fingerprint density at radius 3 is 2.55 bits per heavy atom. The summed E-state index contributed by atoms with van der Waals surface area (Å²) in [7, 11) is 0. The van der Waals surface area contributed by atoms with Gasteiger partial charge in [0.25, 0.3) is 0 Å². The summed E-state index contributed by atoms with van der Waals surface area (Å²) in [6.07, 6.45) is 9.68. The third-order valence-electron chi connectivity index (χ3n) is 4.48. The topological polar surface area (TPSA) is 47.6 Å². The van der Waals surface area contributed by atoms with Gasteiger partial charge in [-0.15, -0.1) is 0 Å². The number of nitrogens with one attached hydrogen (secondary N) is 1. The third-order valence-corrected chi connectivity index (χ3v) is 4.48. The van der Waals surface area contributed by atoms with Crippen molar-refractivity contribution >= 4 is 5.97 Å². The van der Waals surface area contributed by atoms with Crippen LogP contribution in [0.3, 0.4) is 0 Å². The van der Waals surface area contributed by atoms with Crippen LogP contribution in [0.15, 0.2) is 0 Å². The van der Waals surface area contributed by atoms with Crippen LogP contribution in [0.4, 0.5) is 0 Å². The third kappa shape index (κ3) is 4.74. The Balaban J connectivity index is 1.94. The number of carbonyl (C=O) groups excluding carboxylic acids is 1. The first-order valence-electron chi connectivity index (χ1n) is 8.31. The number of rotatable bonds is 5. The summed E-state index contributed by atoms with van der Waals surface area (Å²) in [6.45, 7) is 3.84. The Morgan fingerprint density at radius 2 is 1.95 bits per heavy atom. The van der Waals surface area contributed by atoms with Crippen molar-refractivity contribution in [2.45, 2.75) is 70.4 Å². The summed E-state index contributed by atoms with van der Waals surface area (Å²) in [6, 6.07) is 0.284. The molecule has 0 spiro atoms. The van der Waals surface area contributed by atoms with Gasteiger partial charge in [-0.25, -0.2) is 0 Å². The molecule has 2 unspecified atom stereocenters. The summed E-state index contributed by atoms with van der Waals surface area (Å²) >= 11 is 0. The predicted molar refractivity (Wildman–Crippen MR) is 78.6 cm³/mol. The first kappa shape index (κ1) is 15.8. The molecule has 1 saturated heterocycles. The molecule has 1 N–H and O–H groups in total. The summed E-state index contributed by atoms with van der Waals surface area (Å²) in [5, 5.41) is 3.60. The van der Waals surface area contributed by atoms with Crippen molar-refractivity contribution in [1.29, 1.82) is 0 Å². The van der Waals surface area contributed by atoms with E-state index in [1.165, 1.54) is 38.5 Å². The molecule has 1 aliphatic carbocycles. The Morgan fingerprint density at radius 1 is 1.20 bits per heavy atom. The lowest BCUT2D eigenvalue weighted by molar-refractivity contribution is -0.149. The van der Waals surface area contributed by atoms with Gasteiger partial charge in [0.15, 0.2) is 0 Å². The van der Waals surface area contributed by atoms with Crippen LogP contribution in [0.2, 0.25) is 0 Å². The first-order valence-corrected chi connectivity index (χ1v) is 8.31. The largest absolute Gasteiger partial charge is 0.465 e. The van der Waals surface area contributed by atoms with E-state index in [1.807, 2.05) is 6.92 Å². The van der Waals surface area contributed by atoms with Crippen LogP contribution < -0.4 is 5.32 Å². The minimum Gasteiger partial charge on any atom is -0.465 e. The van der Waals surface area contributed by atoms with E-state index in [9.17, 15) is 4.79 Å². The van der Waals surface area contributed by atoms with Gasteiger partial charge in [0.05, 0.1) is 13.2 Å². The fourth-order valence-corrected chi connectivity index (χ4v) is 3.36. The molecule has 2 fully saturated rings. The van der Waals surface area contributed by atoms with Crippen LogP contribution in [0.5, 0.6) is 0 Å². The minimum absolute atomic E-state index is 0.0905. The molecule has 0 aromatic carbocycles. The first-order chi connectivity index (χ1) is 9.81. The number of hydrogen-bond donors (Lipinski definition) is 1. The van der Waals surface area contributed by atoms with E-state index in [0.29, 0.717) is 19.3 Å². The highest BCUT2D eigenvalue weighted by atomic mass is 16.5. The standard InChI is InChI=1S/C16H29NO3/c1-2-20-16(18)15(13-8-7-11-19-12-13)17-14-9-5-3-4-6-10-14/h13-15,17H,2-12H2,1H3. The molecule has 116 valence electrons. The lowest BCUT2D eigenvalue weighted by Gasteiger charge is -2.32. The average molecular weight is 283 g/mol. The predicted octanol–water partition coefficient (Wildman–Crippen LogP) is 2.66. The van der Waals surface area contributed by atoms with Crippen LogP contribution in [0, 0.1) is 5.92 Å². The fraction of sp³-hybridized carbons (Fsp3) is 0.938. The van der Waals surface area contributed by atoms with E-state index in [4.69, 9.17) is 9.47 Å². The maximum atomic E-state index is 12.3. The number of hydrogen-bond acceptors (Lipinski definition) is 4. The van der Waals surface area contributed by atoms with Gasteiger partial charge in [0, 0.05) is 18.6 Å². The summed E-state index contributed by atoms with van der Waals surface area (Å²) in [5.74, 6) is 0.179. The molecule has 20 heavy (non-hydrogen) atoms. The molecular weight excluding hydrogens is 254 g/mol. The molecule has 1 aliphatic heterocycles. The Bertz CT molecular complexity index is 281. The van der Waals surface area contributed by atoms with Gasteiger partial charge in [-0.2, -0.15) is 0 Å². The Kier molecular flexibility index (Phi) is 6.80. The maximum absolute atomic E-state index is 12.3. The molecule has 0 aromatic rings. The van der Waals surface area contributed by atoms with Crippen LogP contribution in [-0.4, -0.2) is 37.9 Å². The second kappa shape index (κ2) is 8.63. The molecule has 0 bridgehead atoms. The second-order valence-electron chi connectivity index (χ2n) is 6.06. The molecular formula is C16H29NO3. The van der Waals surface area contributed by atoms with Crippen LogP contribution in [0.1, 0.15) is 58.3 Å². The van der Waals surface area contributed by atoms with Gasteiger partial charge in [-0.3, -0.25) is 4.79 Å². The van der Waals surface area contributed by atoms with E-state index >= 15 is 0 Å².